The first kappa shape index (κ1) is 18.6. The van der Waals surface area contributed by atoms with Crippen molar-refractivity contribution in [3.63, 3.8) is 0 Å². The molecule has 2 aromatic rings. The number of amides is 2. The standard InChI is InChI=1S/C19H21N3O5/c1-12-13(2)27-16(21-12)11-26-18(24)10-20-19(25)14-5-7-15(8-6-14)22-9-3-4-17(22)23/h5-8H,3-4,9-11H2,1-2H3,(H,20,25). The number of carbonyl (C=O) groups is 3. The van der Waals surface area contributed by atoms with Gasteiger partial charge in [-0.25, -0.2) is 4.98 Å². The van der Waals surface area contributed by atoms with Crippen molar-refractivity contribution in [1.82, 2.24) is 10.3 Å². The summed E-state index contributed by atoms with van der Waals surface area (Å²) in [6, 6.07) is 6.70. The predicted molar refractivity (Wildman–Crippen MR) is 96.1 cm³/mol. The van der Waals surface area contributed by atoms with E-state index in [1.54, 1.807) is 43.0 Å². The summed E-state index contributed by atoms with van der Waals surface area (Å²) in [5.41, 5.74) is 1.91. The van der Waals surface area contributed by atoms with Crippen LogP contribution >= 0.6 is 0 Å². The lowest BCUT2D eigenvalue weighted by atomic mass is 10.2. The molecule has 1 aromatic carbocycles. The van der Waals surface area contributed by atoms with Crippen LogP contribution in [0, 0.1) is 13.8 Å². The third-order valence-electron chi connectivity index (χ3n) is 4.34. The Balaban J connectivity index is 1.47. The minimum absolute atomic E-state index is 0.0814. The van der Waals surface area contributed by atoms with E-state index in [0.717, 1.165) is 17.8 Å². The van der Waals surface area contributed by atoms with Crippen molar-refractivity contribution in [2.75, 3.05) is 18.0 Å². The number of hydrogen-bond donors (Lipinski definition) is 1. The number of oxazole rings is 1. The summed E-state index contributed by atoms with van der Waals surface area (Å²) in [6.07, 6.45) is 1.40. The van der Waals surface area contributed by atoms with Gasteiger partial charge in [0.25, 0.3) is 5.91 Å². The number of esters is 1. The summed E-state index contributed by atoms with van der Waals surface area (Å²) in [5.74, 6) is 0.0988. The van der Waals surface area contributed by atoms with Gasteiger partial charge in [0.1, 0.15) is 12.3 Å². The Morgan fingerprint density at radius 2 is 2.00 bits per heavy atom. The molecule has 1 fully saturated rings. The van der Waals surface area contributed by atoms with Gasteiger partial charge in [-0.3, -0.25) is 14.4 Å². The van der Waals surface area contributed by atoms with Crippen molar-refractivity contribution < 1.29 is 23.5 Å². The Labute approximate surface area is 156 Å². The minimum Gasteiger partial charge on any atom is -0.454 e. The minimum atomic E-state index is -0.587. The van der Waals surface area contributed by atoms with E-state index >= 15 is 0 Å². The van der Waals surface area contributed by atoms with Crippen LogP contribution in [-0.2, 0) is 20.9 Å². The second kappa shape index (κ2) is 8.03. The van der Waals surface area contributed by atoms with Gasteiger partial charge in [-0.1, -0.05) is 0 Å². The molecule has 3 rings (SSSR count). The number of ether oxygens (including phenoxy) is 1. The van der Waals surface area contributed by atoms with Crippen molar-refractivity contribution in [1.29, 1.82) is 0 Å². The average molecular weight is 371 g/mol. The number of carbonyl (C=O) groups excluding carboxylic acids is 3. The highest BCUT2D eigenvalue weighted by Crippen LogP contribution is 2.21. The topological polar surface area (TPSA) is 102 Å². The van der Waals surface area contributed by atoms with Crippen molar-refractivity contribution in [3.05, 3.63) is 47.2 Å². The van der Waals surface area contributed by atoms with E-state index in [-0.39, 0.29) is 19.1 Å². The highest BCUT2D eigenvalue weighted by Gasteiger charge is 2.21. The van der Waals surface area contributed by atoms with Crippen LogP contribution in [0.5, 0.6) is 0 Å². The highest BCUT2D eigenvalue weighted by molar-refractivity contribution is 5.98. The van der Waals surface area contributed by atoms with Crippen LogP contribution in [0.3, 0.4) is 0 Å². The largest absolute Gasteiger partial charge is 0.454 e. The van der Waals surface area contributed by atoms with Gasteiger partial charge in [0.2, 0.25) is 11.8 Å². The fraction of sp³-hybridized carbons (Fsp3) is 0.368. The molecule has 0 atom stereocenters. The zero-order chi connectivity index (χ0) is 19.4. The molecular formula is C19H21N3O5. The first-order valence-electron chi connectivity index (χ1n) is 8.71. The van der Waals surface area contributed by atoms with Gasteiger partial charge in [0.05, 0.1) is 5.69 Å². The van der Waals surface area contributed by atoms with E-state index < -0.39 is 11.9 Å². The third kappa shape index (κ3) is 4.52. The Kier molecular flexibility index (Phi) is 5.54. The van der Waals surface area contributed by atoms with E-state index in [2.05, 4.69) is 10.3 Å². The van der Waals surface area contributed by atoms with Crippen LogP contribution in [0.1, 0.15) is 40.5 Å². The molecule has 27 heavy (non-hydrogen) atoms. The van der Waals surface area contributed by atoms with E-state index in [1.165, 1.54) is 0 Å². The fourth-order valence-electron chi connectivity index (χ4n) is 2.76. The van der Waals surface area contributed by atoms with Gasteiger partial charge >= 0.3 is 5.97 Å². The summed E-state index contributed by atoms with van der Waals surface area (Å²) in [7, 11) is 0. The first-order valence-corrected chi connectivity index (χ1v) is 8.71. The second-order valence-electron chi connectivity index (χ2n) is 6.29. The van der Waals surface area contributed by atoms with Crippen LogP contribution in [0.4, 0.5) is 5.69 Å². The molecule has 142 valence electrons. The van der Waals surface area contributed by atoms with Gasteiger partial charge in [-0.15, -0.1) is 0 Å². The normalized spacial score (nSPS) is 13.7. The second-order valence-corrected chi connectivity index (χ2v) is 6.29. The highest BCUT2D eigenvalue weighted by atomic mass is 16.5. The average Bonchev–Trinajstić information content (AvgIpc) is 3.23. The summed E-state index contributed by atoms with van der Waals surface area (Å²) in [6.45, 7) is 3.93. The first-order chi connectivity index (χ1) is 12.9. The number of nitrogens with one attached hydrogen (secondary N) is 1. The van der Waals surface area contributed by atoms with E-state index in [0.29, 0.717) is 30.2 Å². The molecule has 0 bridgehead atoms. The van der Waals surface area contributed by atoms with E-state index in [9.17, 15) is 14.4 Å². The molecule has 1 saturated heterocycles. The Morgan fingerprint density at radius 3 is 2.59 bits per heavy atom. The van der Waals surface area contributed by atoms with Crippen molar-refractivity contribution in [2.24, 2.45) is 0 Å². The molecule has 2 heterocycles. The van der Waals surface area contributed by atoms with Crippen molar-refractivity contribution >= 4 is 23.5 Å². The summed E-state index contributed by atoms with van der Waals surface area (Å²) < 4.78 is 10.3. The zero-order valence-electron chi connectivity index (χ0n) is 15.3. The molecule has 2 amide bonds. The molecule has 0 radical (unpaired) electrons. The Bertz CT molecular complexity index is 837. The van der Waals surface area contributed by atoms with Crippen LogP contribution in [0.25, 0.3) is 0 Å². The number of hydrogen-bond acceptors (Lipinski definition) is 6. The lowest BCUT2D eigenvalue weighted by molar-refractivity contribution is -0.144. The number of benzene rings is 1. The molecule has 0 spiro atoms. The van der Waals surface area contributed by atoms with Gasteiger partial charge < -0.3 is 19.4 Å². The van der Waals surface area contributed by atoms with Gasteiger partial charge in [-0.05, 0) is 44.5 Å². The molecule has 1 aliphatic rings. The van der Waals surface area contributed by atoms with Crippen molar-refractivity contribution in [2.45, 2.75) is 33.3 Å². The van der Waals surface area contributed by atoms with Crippen LogP contribution in [0.2, 0.25) is 0 Å². The molecule has 1 aliphatic heterocycles. The number of nitrogens with zero attached hydrogens (tertiary/aromatic N) is 2. The Morgan fingerprint density at radius 1 is 1.26 bits per heavy atom. The smallest absolute Gasteiger partial charge is 0.325 e. The molecule has 0 saturated carbocycles. The summed E-state index contributed by atoms with van der Waals surface area (Å²) in [5, 5.41) is 2.50. The van der Waals surface area contributed by atoms with Crippen LogP contribution in [-0.4, -0.2) is 35.9 Å². The van der Waals surface area contributed by atoms with Gasteiger partial charge in [0.15, 0.2) is 6.61 Å². The van der Waals surface area contributed by atoms with E-state index in [4.69, 9.17) is 9.15 Å². The summed E-state index contributed by atoms with van der Waals surface area (Å²) >= 11 is 0. The third-order valence-corrected chi connectivity index (χ3v) is 4.34. The lowest BCUT2D eigenvalue weighted by Gasteiger charge is -2.15. The number of aromatic nitrogens is 1. The summed E-state index contributed by atoms with van der Waals surface area (Å²) in [4.78, 5) is 41.4. The van der Waals surface area contributed by atoms with Crippen LogP contribution in [0.15, 0.2) is 28.7 Å². The molecule has 8 nitrogen and oxygen atoms in total. The van der Waals surface area contributed by atoms with E-state index in [1.807, 2.05) is 0 Å². The van der Waals surface area contributed by atoms with Crippen LogP contribution < -0.4 is 10.2 Å². The van der Waals surface area contributed by atoms with Gasteiger partial charge in [0, 0.05) is 24.2 Å². The SMILES string of the molecule is Cc1nc(COC(=O)CNC(=O)c2ccc(N3CCCC3=O)cc2)oc1C. The number of aryl methyl sites for hydroxylation is 2. The predicted octanol–water partition coefficient (Wildman–Crippen LogP) is 1.89. The maximum Gasteiger partial charge on any atom is 0.325 e. The molecule has 0 aliphatic carbocycles. The Hall–Kier alpha value is -3.16. The molecule has 1 aromatic heterocycles. The van der Waals surface area contributed by atoms with Gasteiger partial charge in [-0.2, -0.15) is 0 Å². The monoisotopic (exact) mass is 371 g/mol. The molecule has 1 N–H and O–H groups in total. The maximum atomic E-state index is 12.1. The fourth-order valence-corrected chi connectivity index (χ4v) is 2.76. The molecule has 0 unspecified atom stereocenters. The molecular weight excluding hydrogens is 350 g/mol. The zero-order valence-corrected chi connectivity index (χ0v) is 15.3. The van der Waals surface area contributed by atoms with Crippen molar-refractivity contribution in [3.8, 4) is 0 Å². The quantitative estimate of drug-likeness (QED) is 0.778. The maximum absolute atomic E-state index is 12.1. The number of rotatable bonds is 6. The number of anilines is 1. The lowest BCUT2D eigenvalue weighted by Crippen LogP contribution is -2.30. The molecule has 8 heteroatoms.